The van der Waals surface area contributed by atoms with Crippen LogP contribution in [0.25, 0.3) is 0 Å². The molecule has 1 heterocycles. The van der Waals surface area contributed by atoms with Crippen LogP contribution in [-0.4, -0.2) is 37.6 Å². The van der Waals surface area contributed by atoms with Crippen LogP contribution < -0.4 is 0 Å². The maximum Gasteiger partial charge on any atom is 0.254 e. The van der Waals surface area contributed by atoms with Gasteiger partial charge < -0.3 is 4.90 Å². The first-order valence-electron chi connectivity index (χ1n) is 8.54. The quantitative estimate of drug-likeness (QED) is 0.843. The lowest BCUT2D eigenvalue weighted by molar-refractivity contribution is 0.0749. The van der Waals surface area contributed by atoms with Crippen molar-refractivity contribution in [3.63, 3.8) is 0 Å². The first-order valence-corrected chi connectivity index (χ1v) is 10.2. The number of hydrogen-bond acceptors (Lipinski definition) is 3. The van der Waals surface area contributed by atoms with E-state index in [-0.39, 0.29) is 17.7 Å². The standard InChI is InChI=1S/C20H23NO3S/c1-15-10-11-17(13-16(15)2)20(22)21-12-6-7-18(21)14-25(23,24)19-8-4-3-5-9-19/h3-5,8-11,13,18H,6-7,12,14H2,1-2H3. The van der Waals surface area contributed by atoms with E-state index in [0.717, 1.165) is 24.0 Å². The molecule has 0 radical (unpaired) electrons. The molecule has 3 rings (SSSR count). The Labute approximate surface area is 149 Å². The predicted molar refractivity (Wildman–Crippen MR) is 98.5 cm³/mol. The Hall–Kier alpha value is -2.14. The normalized spacial score (nSPS) is 17.7. The van der Waals surface area contributed by atoms with Crippen LogP contribution in [0.2, 0.25) is 0 Å². The number of carbonyl (C=O) groups excluding carboxylic acids is 1. The minimum absolute atomic E-state index is 0.0202. The highest BCUT2D eigenvalue weighted by Crippen LogP contribution is 2.24. The molecule has 1 unspecified atom stereocenters. The summed E-state index contributed by atoms with van der Waals surface area (Å²) >= 11 is 0. The van der Waals surface area contributed by atoms with Gasteiger partial charge in [-0.15, -0.1) is 0 Å². The molecule has 1 fully saturated rings. The molecule has 5 heteroatoms. The van der Waals surface area contributed by atoms with Gasteiger partial charge in [-0.2, -0.15) is 0 Å². The predicted octanol–water partition coefficient (Wildman–Crippen LogP) is 3.38. The largest absolute Gasteiger partial charge is 0.335 e. The van der Waals surface area contributed by atoms with Crippen molar-refractivity contribution < 1.29 is 13.2 Å². The summed E-state index contributed by atoms with van der Waals surface area (Å²) in [6, 6.07) is 13.8. The zero-order valence-corrected chi connectivity index (χ0v) is 15.4. The SMILES string of the molecule is Cc1ccc(C(=O)N2CCCC2CS(=O)(=O)c2ccccc2)cc1C. The molecule has 1 saturated heterocycles. The van der Waals surface area contributed by atoms with Crippen molar-refractivity contribution in [2.45, 2.75) is 37.6 Å². The van der Waals surface area contributed by atoms with E-state index in [9.17, 15) is 13.2 Å². The number of likely N-dealkylation sites (tertiary alicyclic amines) is 1. The van der Waals surface area contributed by atoms with Crippen LogP contribution in [0.15, 0.2) is 53.4 Å². The van der Waals surface area contributed by atoms with Crippen LogP contribution >= 0.6 is 0 Å². The molecule has 0 N–H and O–H groups in total. The fourth-order valence-electron chi connectivity index (χ4n) is 3.29. The van der Waals surface area contributed by atoms with Crippen LogP contribution in [-0.2, 0) is 9.84 Å². The topological polar surface area (TPSA) is 54.5 Å². The molecule has 4 nitrogen and oxygen atoms in total. The molecule has 132 valence electrons. The molecular formula is C20H23NO3S. The Kier molecular flexibility index (Phi) is 4.95. The van der Waals surface area contributed by atoms with Gasteiger partial charge in [0.1, 0.15) is 0 Å². The molecule has 1 aliphatic heterocycles. The van der Waals surface area contributed by atoms with E-state index in [2.05, 4.69) is 0 Å². The molecule has 1 atom stereocenters. The zero-order chi connectivity index (χ0) is 18.0. The van der Waals surface area contributed by atoms with Crippen LogP contribution in [0.4, 0.5) is 0 Å². The number of sulfone groups is 1. The number of benzene rings is 2. The Bertz CT molecular complexity index is 875. The van der Waals surface area contributed by atoms with Crippen LogP contribution in [0.5, 0.6) is 0 Å². The Morgan fingerprint density at radius 1 is 1.08 bits per heavy atom. The highest BCUT2D eigenvalue weighted by Gasteiger charge is 2.33. The van der Waals surface area contributed by atoms with E-state index in [0.29, 0.717) is 17.0 Å². The molecule has 1 amide bonds. The number of nitrogens with zero attached hydrogens (tertiary/aromatic N) is 1. The third-order valence-electron chi connectivity index (χ3n) is 4.91. The second kappa shape index (κ2) is 7.00. The summed E-state index contributed by atoms with van der Waals surface area (Å²) in [5.41, 5.74) is 2.84. The minimum atomic E-state index is -3.40. The van der Waals surface area contributed by atoms with E-state index in [1.165, 1.54) is 0 Å². The van der Waals surface area contributed by atoms with Crippen LogP contribution in [0.1, 0.15) is 34.3 Å². The molecule has 2 aromatic rings. The highest BCUT2D eigenvalue weighted by molar-refractivity contribution is 7.91. The van der Waals surface area contributed by atoms with Crippen molar-refractivity contribution in [3.8, 4) is 0 Å². The lowest BCUT2D eigenvalue weighted by atomic mass is 10.1. The molecule has 0 aromatic heterocycles. The number of amides is 1. The Morgan fingerprint density at radius 3 is 2.48 bits per heavy atom. The third-order valence-corrected chi connectivity index (χ3v) is 6.72. The maximum absolute atomic E-state index is 12.9. The van der Waals surface area contributed by atoms with E-state index < -0.39 is 9.84 Å². The van der Waals surface area contributed by atoms with Gasteiger partial charge in [-0.1, -0.05) is 24.3 Å². The number of carbonyl (C=O) groups is 1. The fraction of sp³-hybridized carbons (Fsp3) is 0.350. The van der Waals surface area contributed by atoms with Crippen molar-refractivity contribution in [1.82, 2.24) is 4.90 Å². The van der Waals surface area contributed by atoms with Crippen LogP contribution in [0.3, 0.4) is 0 Å². The molecule has 25 heavy (non-hydrogen) atoms. The molecule has 1 aliphatic rings. The first kappa shape index (κ1) is 17.7. The fourth-order valence-corrected chi connectivity index (χ4v) is 4.91. The summed E-state index contributed by atoms with van der Waals surface area (Å²) in [5.74, 6) is -0.0954. The number of rotatable bonds is 4. The summed E-state index contributed by atoms with van der Waals surface area (Å²) in [7, 11) is -3.40. The average molecular weight is 357 g/mol. The molecule has 0 bridgehead atoms. The monoisotopic (exact) mass is 357 g/mol. The van der Waals surface area contributed by atoms with Crippen molar-refractivity contribution in [2.75, 3.05) is 12.3 Å². The first-order chi connectivity index (χ1) is 11.9. The summed E-state index contributed by atoms with van der Waals surface area (Å²) in [5, 5.41) is 0. The smallest absolute Gasteiger partial charge is 0.254 e. The average Bonchev–Trinajstić information content (AvgIpc) is 3.05. The summed E-state index contributed by atoms with van der Waals surface area (Å²) in [4.78, 5) is 14.9. The zero-order valence-electron chi connectivity index (χ0n) is 14.6. The van der Waals surface area contributed by atoms with Gasteiger partial charge in [0.05, 0.1) is 10.6 Å². The summed E-state index contributed by atoms with van der Waals surface area (Å²) in [6.45, 7) is 4.60. The van der Waals surface area contributed by atoms with E-state index in [4.69, 9.17) is 0 Å². The van der Waals surface area contributed by atoms with E-state index >= 15 is 0 Å². The molecular weight excluding hydrogens is 334 g/mol. The van der Waals surface area contributed by atoms with Gasteiger partial charge in [-0.25, -0.2) is 8.42 Å². The highest BCUT2D eigenvalue weighted by atomic mass is 32.2. The second-order valence-electron chi connectivity index (χ2n) is 6.69. The van der Waals surface area contributed by atoms with Gasteiger partial charge in [-0.05, 0) is 62.1 Å². The van der Waals surface area contributed by atoms with E-state index in [1.54, 1.807) is 35.2 Å². The summed E-state index contributed by atoms with van der Waals surface area (Å²) in [6.07, 6.45) is 1.56. The third kappa shape index (κ3) is 3.76. The van der Waals surface area contributed by atoms with Crippen molar-refractivity contribution in [3.05, 3.63) is 65.2 Å². The lowest BCUT2D eigenvalue weighted by Gasteiger charge is -2.25. The lowest BCUT2D eigenvalue weighted by Crippen LogP contribution is -2.39. The molecule has 0 spiro atoms. The molecule has 0 aliphatic carbocycles. The van der Waals surface area contributed by atoms with Gasteiger partial charge in [0.2, 0.25) is 0 Å². The molecule has 0 saturated carbocycles. The molecule has 2 aromatic carbocycles. The second-order valence-corrected chi connectivity index (χ2v) is 8.72. The van der Waals surface area contributed by atoms with Crippen molar-refractivity contribution in [2.24, 2.45) is 0 Å². The van der Waals surface area contributed by atoms with Gasteiger partial charge >= 0.3 is 0 Å². The van der Waals surface area contributed by atoms with Crippen LogP contribution in [0, 0.1) is 13.8 Å². The minimum Gasteiger partial charge on any atom is -0.335 e. The van der Waals surface area contributed by atoms with Gasteiger partial charge in [0.25, 0.3) is 5.91 Å². The van der Waals surface area contributed by atoms with E-state index in [1.807, 2.05) is 32.0 Å². The Balaban J connectivity index is 1.80. The maximum atomic E-state index is 12.9. The van der Waals surface area contributed by atoms with Crippen molar-refractivity contribution in [1.29, 1.82) is 0 Å². The van der Waals surface area contributed by atoms with Gasteiger partial charge in [0, 0.05) is 18.2 Å². The van der Waals surface area contributed by atoms with Gasteiger partial charge in [0.15, 0.2) is 9.84 Å². The van der Waals surface area contributed by atoms with Crippen molar-refractivity contribution >= 4 is 15.7 Å². The van der Waals surface area contributed by atoms with Gasteiger partial charge in [-0.3, -0.25) is 4.79 Å². The summed E-state index contributed by atoms with van der Waals surface area (Å²) < 4.78 is 25.3. The number of hydrogen-bond donors (Lipinski definition) is 0. The number of aryl methyl sites for hydroxylation is 2. The Morgan fingerprint density at radius 2 is 1.80 bits per heavy atom.